The summed E-state index contributed by atoms with van der Waals surface area (Å²) >= 11 is 0. The molecule has 4 heteroatoms. The van der Waals surface area contributed by atoms with Crippen LogP contribution in [0.1, 0.15) is 13.8 Å². The van der Waals surface area contributed by atoms with E-state index in [1.807, 2.05) is 38.1 Å². The maximum atomic E-state index is 3.76. The maximum absolute atomic E-state index is 3.76. The number of aromatic nitrogens is 3. The summed E-state index contributed by atoms with van der Waals surface area (Å²) in [6.07, 6.45) is 0. The largest absolute Gasteiger partial charge is 0.350 e. The fraction of sp³-hybridized carbons (Fsp3) is 0.250. The molecule has 1 aromatic carbocycles. The molecule has 12 heavy (non-hydrogen) atoms. The molecule has 0 saturated heterocycles. The number of benzene rings is 1. The van der Waals surface area contributed by atoms with Crippen molar-refractivity contribution in [3.63, 3.8) is 0 Å². The molecule has 1 aromatic heterocycles. The molecule has 1 heterocycles. The Morgan fingerprint density at radius 2 is 1.83 bits per heavy atom. The van der Waals surface area contributed by atoms with Crippen LogP contribution >= 0.6 is 0 Å². The van der Waals surface area contributed by atoms with Crippen LogP contribution in [0.5, 0.6) is 0 Å². The summed E-state index contributed by atoms with van der Waals surface area (Å²) < 4.78 is 0. The Hall–Kier alpha value is -0.276. The van der Waals surface area contributed by atoms with Gasteiger partial charge in [0.15, 0.2) is 0 Å². The van der Waals surface area contributed by atoms with Crippen LogP contribution in [0.25, 0.3) is 11.0 Å². The Kier molecular flexibility index (Phi) is 6.12. The fourth-order valence-corrected chi connectivity index (χ4v) is 0.752. The third kappa shape index (κ3) is 2.65. The number of fused-ring (bicyclic) bond motifs is 1. The van der Waals surface area contributed by atoms with Gasteiger partial charge >= 0.3 is 0 Å². The number of hydrogen-bond donors (Lipinski definition) is 0. The molecule has 0 amide bonds. The molecule has 0 atom stereocenters. The van der Waals surface area contributed by atoms with E-state index in [4.69, 9.17) is 0 Å². The third-order valence-corrected chi connectivity index (χ3v) is 1.19. The third-order valence-electron chi connectivity index (χ3n) is 1.19. The van der Waals surface area contributed by atoms with E-state index in [2.05, 4.69) is 15.4 Å². The summed E-state index contributed by atoms with van der Waals surface area (Å²) in [4.78, 5) is 0. The van der Waals surface area contributed by atoms with Crippen LogP contribution in [-0.2, 0) is 32.7 Å². The van der Waals surface area contributed by atoms with Crippen LogP contribution in [0.3, 0.4) is 0 Å². The molecule has 0 aliphatic heterocycles. The Morgan fingerprint density at radius 3 is 2.50 bits per heavy atom. The smallest absolute Gasteiger partial charge is 0 e. The van der Waals surface area contributed by atoms with Crippen molar-refractivity contribution < 1.29 is 32.7 Å². The van der Waals surface area contributed by atoms with Crippen LogP contribution < -0.4 is 5.10 Å². The molecule has 61 valence electrons. The molecule has 0 bridgehead atoms. The monoisotopic (exact) mass is 237 g/mol. The molecular weight excluding hydrogens is 227 g/mol. The van der Waals surface area contributed by atoms with Gasteiger partial charge in [-0.3, -0.25) is 5.21 Å². The first-order valence-corrected chi connectivity index (χ1v) is 3.67. The van der Waals surface area contributed by atoms with E-state index < -0.39 is 0 Å². The number of rotatable bonds is 0. The normalized spacial score (nSPS) is 8.17. The van der Waals surface area contributed by atoms with Crippen molar-refractivity contribution in [1.29, 1.82) is 0 Å². The van der Waals surface area contributed by atoms with Crippen LogP contribution in [0.4, 0.5) is 0 Å². The van der Waals surface area contributed by atoms with E-state index in [9.17, 15) is 0 Å². The van der Waals surface area contributed by atoms with Gasteiger partial charge in [-0.1, -0.05) is 38.1 Å². The number of hydrogen-bond acceptors (Lipinski definition) is 2. The predicted octanol–water partition coefficient (Wildman–Crippen LogP) is 1.61. The minimum Gasteiger partial charge on any atom is -0.350 e. The molecule has 0 aliphatic rings. The van der Waals surface area contributed by atoms with E-state index in [0.717, 1.165) is 11.0 Å². The van der Waals surface area contributed by atoms with Crippen molar-refractivity contribution in [1.82, 2.24) is 15.4 Å². The first-order valence-electron chi connectivity index (χ1n) is 3.67. The molecule has 2 aromatic rings. The van der Waals surface area contributed by atoms with Gasteiger partial charge in [0, 0.05) is 32.7 Å². The summed E-state index contributed by atoms with van der Waals surface area (Å²) in [5, 5.41) is 11.0. The van der Waals surface area contributed by atoms with E-state index >= 15 is 0 Å². The molecule has 0 unspecified atom stereocenters. The van der Waals surface area contributed by atoms with Gasteiger partial charge in [-0.2, -0.15) is 0 Å². The van der Waals surface area contributed by atoms with Crippen molar-refractivity contribution in [2.75, 3.05) is 0 Å². The predicted molar refractivity (Wildman–Crippen MR) is 44.2 cm³/mol. The second kappa shape index (κ2) is 6.26. The van der Waals surface area contributed by atoms with Crippen molar-refractivity contribution in [3.8, 4) is 0 Å². The Bertz CT molecular complexity index is 288. The second-order valence-electron chi connectivity index (χ2n) is 1.78. The molecular formula is C8H10N3Y-. The van der Waals surface area contributed by atoms with E-state index in [1.165, 1.54) is 0 Å². The SMILES string of the molecule is CC.[Y].c1ccc2[n-]nnc2c1. The van der Waals surface area contributed by atoms with Gasteiger partial charge in [-0.15, -0.1) is 0 Å². The zero-order chi connectivity index (χ0) is 8.10. The standard InChI is InChI=1S/C6H4N3.C2H6.Y/c1-2-4-6-5(3-1)7-9-8-6;1-2;/h1-4H;1-2H3;/q-1;;. The van der Waals surface area contributed by atoms with Crippen LogP contribution in [-0.4, -0.2) is 10.3 Å². The van der Waals surface area contributed by atoms with E-state index in [-0.39, 0.29) is 32.7 Å². The second-order valence-corrected chi connectivity index (χ2v) is 1.78. The molecule has 0 saturated carbocycles. The van der Waals surface area contributed by atoms with Crippen LogP contribution in [0.15, 0.2) is 24.3 Å². The molecule has 3 nitrogen and oxygen atoms in total. The zero-order valence-electron chi connectivity index (χ0n) is 7.23. The molecule has 0 aliphatic carbocycles. The van der Waals surface area contributed by atoms with E-state index in [0.29, 0.717) is 0 Å². The minimum absolute atomic E-state index is 0. The molecule has 1 radical (unpaired) electrons. The molecule has 0 N–H and O–H groups in total. The van der Waals surface area contributed by atoms with Gasteiger partial charge in [0.05, 0.1) is 0 Å². The first-order chi connectivity index (χ1) is 5.47. The summed E-state index contributed by atoms with van der Waals surface area (Å²) in [7, 11) is 0. The summed E-state index contributed by atoms with van der Waals surface area (Å²) in [5.74, 6) is 0. The minimum atomic E-state index is 0. The van der Waals surface area contributed by atoms with Crippen molar-refractivity contribution in [2.45, 2.75) is 13.8 Å². The average molecular weight is 237 g/mol. The maximum Gasteiger partial charge on any atom is 0 e. The van der Waals surface area contributed by atoms with Crippen LogP contribution in [0.2, 0.25) is 0 Å². The Morgan fingerprint density at radius 1 is 1.17 bits per heavy atom. The van der Waals surface area contributed by atoms with Crippen molar-refractivity contribution in [2.24, 2.45) is 0 Å². The fourth-order valence-electron chi connectivity index (χ4n) is 0.752. The summed E-state index contributed by atoms with van der Waals surface area (Å²) in [6, 6.07) is 7.60. The zero-order valence-corrected chi connectivity index (χ0v) is 10.1. The molecule has 0 fully saturated rings. The van der Waals surface area contributed by atoms with Gasteiger partial charge in [-0.25, -0.2) is 0 Å². The van der Waals surface area contributed by atoms with E-state index in [1.54, 1.807) is 0 Å². The van der Waals surface area contributed by atoms with Crippen molar-refractivity contribution in [3.05, 3.63) is 24.3 Å². The number of nitrogens with zero attached hydrogens (tertiary/aromatic N) is 3. The topological polar surface area (TPSA) is 39.9 Å². The average Bonchev–Trinajstić information content (AvgIpc) is 2.55. The Balaban J connectivity index is 0.000000378. The molecule has 0 spiro atoms. The Labute approximate surface area is 96.8 Å². The summed E-state index contributed by atoms with van der Waals surface area (Å²) in [5.41, 5.74) is 1.72. The molecule has 2 rings (SSSR count). The van der Waals surface area contributed by atoms with Crippen molar-refractivity contribution >= 4 is 11.0 Å². The summed E-state index contributed by atoms with van der Waals surface area (Å²) in [6.45, 7) is 4.00. The van der Waals surface area contributed by atoms with Gasteiger partial charge < -0.3 is 10.2 Å². The van der Waals surface area contributed by atoms with Gasteiger partial charge in [0.1, 0.15) is 0 Å². The van der Waals surface area contributed by atoms with Crippen LogP contribution in [0, 0.1) is 0 Å². The van der Waals surface area contributed by atoms with Gasteiger partial charge in [-0.05, 0) is 11.0 Å². The first kappa shape index (κ1) is 11.7. The van der Waals surface area contributed by atoms with Gasteiger partial charge in [0.25, 0.3) is 0 Å². The quantitative estimate of drug-likeness (QED) is 0.698. The van der Waals surface area contributed by atoms with Gasteiger partial charge in [0.2, 0.25) is 0 Å².